The van der Waals surface area contributed by atoms with Gasteiger partial charge in [-0.1, -0.05) is 18.2 Å². The van der Waals surface area contributed by atoms with Gasteiger partial charge in [0.05, 0.1) is 16.1 Å². The largest absolute Gasteiger partial charge is 0.270 e. The van der Waals surface area contributed by atoms with Crippen LogP contribution in [0.3, 0.4) is 0 Å². The van der Waals surface area contributed by atoms with E-state index in [9.17, 15) is 10.1 Å². The zero-order valence-electron chi connectivity index (χ0n) is 9.35. The predicted octanol–water partition coefficient (Wildman–Crippen LogP) is 2.93. The lowest BCUT2D eigenvalue weighted by atomic mass is 10.2. The van der Waals surface area contributed by atoms with E-state index in [4.69, 9.17) is 0 Å². The fraction of sp³-hybridized carbons (Fsp3) is 0. The van der Waals surface area contributed by atoms with E-state index in [0.717, 1.165) is 16.6 Å². The molecular formula is C13H9N3O2. The van der Waals surface area contributed by atoms with Crippen LogP contribution in [0.4, 0.5) is 5.69 Å². The highest BCUT2D eigenvalue weighted by atomic mass is 16.6. The van der Waals surface area contributed by atoms with Crippen LogP contribution < -0.4 is 0 Å². The summed E-state index contributed by atoms with van der Waals surface area (Å²) in [4.78, 5) is 10.3. The van der Waals surface area contributed by atoms with Gasteiger partial charge in [0.15, 0.2) is 0 Å². The lowest BCUT2D eigenvalue weighted by molar-refractivity contribution is -0.384. The molecular weight excluding hydrogens is 230 g/mol. The maximum atomic E-state index is 10.7. The van der Waals surface area contributed by atoms with Crippen molar-refractivity contribution in [3.05, 3.63) is 64.8 Å². The number of fused-ring (bicyclic) bond motifs is 1. The Morgan fingerprint density at radius 3 is 2.61 bits per heavy atom. The molecule has 0 radical (unpaired) electrons. The molecule has 0 aliphatic heterocycles. The molecule has 3 rings (SSSR count). The van der Waals surface area contributed by atoms with Gasteiger partial charge < -0.3 is 0 Å². The SMILES string of the molecule is O=[N+]([O-])c1ccc2nn(-c3ccccc3)cc2c1. The van der Waals surface area contributed by atoms with Gasteiger partial charge in [-0.15, -0.1) is 0 Å². The van der Waals surface area contributed by atoms with Crippen LogP contribution in [0.1, 0.15) is 0 Å². The molecule has 88 valence electrons. The molecule has 0 atom stereocenters. The molecule has 0 unspecified atom stereocenters. The summed E-state index contributed by atoms with van der Waals surface area (Å²) in [6.45, 7) is 0. The van der Waals surface area contributed by atoms with Gasteiger partial charge in [0.1, 0.15) is 0 Å². The number of rotatable bonds is 2. The van der Waals surface area contributed by atoms with Crippen molar-refractivity contribution in [3.63, 3.8) is 0 Å². The van der Waals surface area contributed by atoms with Crippen molar-refractivity contribution in [2.24, 2.45) is 0 Å². The summed E-state index contributed by atoms with van der Waals surface area (Å²) >= 11 is 0. The van der Waals surface area contributed by atoms with E-state index in [1.54, 1.807) is 16.9 Å². The van der Waals surface area contributed by atoms with Crippen LogP contribution in [0.15, 0.2) is 54.7 Å². The minimum Gasteiger partial charge on any atom is -0.258 e. The molecule has 18 heavy (non-hydrogen) atoms. The number of nitrogens with zero attached hydrogens (tertiary/aromatic N) is 3. The first kappa shape index (κ1) is 10.5. The monoisotopic (exact) mass is 239 g/mol. The summed E-state index contributed by atoms with van der Waals surface area (Å²) in [5, 5.41) is 15.8. The summed E-state index contributed by atoms with van der Waals surface area (Å²) in [6.07, 6.45) is 1.79. The predicted molar refractivity (Wildman–Crippen MR) is 67.7 cm³/mol. The minimum absolute atomic E-state index is 0.0788. The first-order valence-electron chi connectivity index (χ1n) is 5.43. The summed E-state index contributed by atoms with van der Waals surface area (Å²) in [5.41, 5.74) is 1.75. The lowest BCUT2D eigenvalue weighted by Crippen LogP contribution is -1.92. The van der Waals surface area contributed by atoms with Crippen molar-refractivity contribution in [2.75, 3.05) is 0 Å². The number of nitro benzene ring substituents is 1. The molecule has 0 saturated heterocycles. The summed E-state index contributed by atoms with van der Waals surface area (Å²) in [6, 6.07) is 14.3. The Labute approximate surface area is 102 Å². The molecule has 1 aromatic heterocycles. The standard InChI is InChI=1S/C13H9N3O2/c17-16(18)12-6-7-13-10(8-12)9-15(14-13)11-4-2-1-3-5-11/h1-9H. The van der Waals surface area contributed by atoms with Crippen LogP contribution in [-0.4, -0.2) is 14.7 Å². The lowest BCUT2D eigenvalue weighted by Gasteiger charge is -1.98. The van der Waals surface area contributed by atoms with Crippen LogP contribution in [0.2, 0.25) is 0 Å². The smallest absolute Gasteiger partial charge is 0.258 e. The molecule has 5 heteroatoms. The Kier molecular flexibility index (Phi) is 2.30. The number of para-hydroxylation sites is 1. The van der Waals surface area contributed by atoms with Gasteiger partial charge in [0.2, 0.25) is 0 Å². The molecule has 0 spiro atoms. The summed E-state index contributed by atoms with van der Waals surface area (Å²) in [7, 11) is 0. The van der Waals surface area contributed by atoms with Crippen molar-refractivity contribution < 1.29 is 4.92 Å². The van der Waals surface area contributed by atoms with Crippen molar-refractivity contribution in [1.29, 1.82) is 0 Å². The number of hydrogen-bond donors (Lipinski definition) is 0. The summed E-state index contributed by atoms with van der Waals surface area (Å²) in [5.74, 6) is 0. The van der Waals surface area contributed by atoms with Gasteiger partial charge in [0.25, 0.3) is 5.69 Å². The fourth-order valence-electron chi connectivity index (χ4n) is 1.84. The normalized spacial score (nSPS) is 10.7. The molecule has 3 aromatic rings. The Bertz CT molecular complexity index is 719. The summed E-state index contributed by atoms with van der Waals surface area (Å²) < 4.78 is 1.72. The second kappa shape index (κ2) is 3.96. The third kappa shape index (κ3) is 1.71. The topological polar surface area (TPSA) is 61.0 Å². The molecule has 2 aromatic carbocycles. The van der Waals surface area contributed by atoms with Crippen LogP contribution in [-0.2, 0) is 0 Å². The number of benzene rings is 2. The maximum absolute atomic E-state index is 10.7. The third-order valence-electron chi connectivity index (χ3n) is 2.72. The Balaban J connectivity index is 2.14. The number of hydrogen-bond acceptors (Lipinski definition) is 3. The number of aromatic nitrogens is 2. The highest BCUT2D eigenvalue weighted by Crippen LogP contribution is 2.21. The molecule has 0 aliphatic carbocycles. The van der Waals surface area contributed by atoms with Crippen molar-refractivity contribution in [2.45, 2.75) is 0 Å². The van der Waals surface area contributed by atoms with Gasteiger partial charge in [-0.2, -0.15) is 5.10 Å². The first-order chi connectivity index (χ1) is 8.74. The average molecular weight is 239 g/mol. The Hall–Kier alpha value is -2.69. The second-order valence-corrected chi connectivity index (χ2v) is 3.91. The van der Waals surface area contributed by atoms with Crippen molar-refractivity contribution in [1.82, 2.24) is 9.78 Å². The van der Waals surface area contributed by atoms with Crippen LogP contribution >= 0.6 is 0 Å². The minimum atomic E-state index is -0.403. The van der Waals surface area contributed by atoms with Crippen LogP contribution in [0, 0.1) is 10.1 Å². The molecule has 0 saturated carbocycles. The van der Waals surface area contributed by atoms with Crippen molar-refractivity contribution >= 4 is 16.6 Å². The van der Waals surface area contributed by atoms with Gasteiger partial charge >= 0.3 is 0 Å². The fourth-order valence-corrected chi connectivity index (χ4v) is 1.84. The zero-order chi connectivity index (χ0) is 12.5. The Morgan fingerprint density at radius 1 is 1.11 bits per heavy atom. The van der Waals surface area contributed by atoms with Crippen molar-refractivity contribution in [3.8, 4) is 5.69 Å². The maximum Gasteiger partial charge on any atom is 0.270 e. The van der Waals surface area contributed by atoms with E-state index < -0.39 is 4.92 Å². The molecule has 0 fully saturated rings. The molecule has 0 amide bonds. The Morgan fingerprint density at radius 2 is 1.89 bits per heavy atom. The van der Waals surface area contributed by atoms with E-state index in [0.29, 0.717) is 0 Å². The van der Waals surface area contributed by atoms with Gasteiger partial charge in [-0.05, 0) is 18.2 Å². The molecule has 0 N–H and O–H groups in total. The second-order valence-electron chi connectivity index (χ2n) is 3.91. The van der Waals surface area contributed by atoms with E-state index in [-0.39, 0.29) is 5.69 Å². The highest BCUT2D eigenvalue weighted by molar-refractivity contribution is 5.81. The zero-order valence-corrected chi connectivity index (χ0v) is 9.35. The highest BCUT2D eigenvalue weighted by Gasteiger charge is 2.09. The third-order valence-corrected chi connectivity index (χ3v) is 2.72. The number of nitro groups is 1. The van der Waals surface area contributed by atoms with Gasteiger partial charge in [0, 0.05) is 23.7 Å². The van der Waals surface area contributed by atoms with Gasteiger partial charge in [-0.3, -0.25) is 10.1 Å². The van der Waals surface area contributed by atoms with Crippen LogP contribution in [0.25, 0.3) is 16.6 Å². The average Bonchev–Trinajstić information content (AvgIpc) is 2.82. The number of non-ortho nitro benzene ring substituents is 1. The molecule has 5 nitrogen and oxygen atoms in total. The molecule has 1 heterocycles. The quantitative estimate of drug-likeness (QED) is 0.510. The first-order valence-corrected chi connectivity index (χ1v) is 5.43. The molecule has 0 bridgehead atoms. The van der Waals surface area contributed by atoms with E-state index in [1.165, 1.54) is 12.1 Å². The van der Waals surface area contributed by atoms with E-state index in [1.807, 2.05) is 30.3 Å². The van der Waals surface area contributed by atoms with Gasteiger partial charge in [-0.25, -0.2) is 4.68 Å². The van der Waals surface area contributed by atoms with E-state index >= 15 is 0 Å². The van der Waals surface area contributed by atoms with E-state index in [2.05, 4.69) is 5.10 Å². The van der Waals surface area contributed by atoms with Crippen LogP contribution in [0.5, 0.6) is 0 Å². The molecule has 0 aliphatic rings.